The van der Waals surface area contributed by atoms with Gasteiger partial charge in [-0.15, -0.1) is 5.10 Å². The van der Waals surface area contributed by atoms with E-state index in [0.29, 0.717) is 0 Å². The summed E-state index contributed by atoms with van der Waals surface area (Å²) in [6.45, 7) is 3.67. The Morgan fingerprint density at radius 1 is 1.33 bits per heavy atom. The van der Waals surface area contributed by atoms with Gasteiger partial charge in [0.2, 0.25) is 11.9 Å². The predicted molar refractivity (Wildman–Crippen MR) is 89.0 cm³/mol. The van der Waals surface area contributed by atoms with Gasteiger partial charge in [0.05, 0.1) is 11.9 Å². The minimum atomic E-state index is -0.383. The Labute approximate surface area is 139 Å². The van der Waals surface area contributed by atoms with Crippen molar-refractivity contribution in [2.24, 2.45) is 7.05 Å². The summed E-state index contributed by atoms with van der Waals surface area (Å²) in [6.07, 6.45) is 4.61. The number of amides is 1. The number of rotatable bonds is 5. The molecule has 0 bridgehead atoms. The molecule has 1 N–H and O–H groups in total. The zero-order valence-electron chi connectivity index (χ0n) is 13.9. The molecule has 0 unspecified atom stereocenters. The summed E-state index contributed by atoms with van der Waals surface area (Å²) in [7, 11) is 1.77. The van der Waals surface area contributed by atoms with E-state index in [1.54, 1.807) is 17.9 Å². The molecule has 0 aliphatic carbocycles. The van der Waals surface area contributed by atoms with Crippen molar-refractivity contribution in [3.63, 3.8) is 0 Å². The molecule has 9 nitrogen and oxygen atoms in total. The van der Waals surface area contributed by atoms with E-state index in [1.807, 2.05) is 6.92 Å². The molecule has 0 radical (unpaired) electrons. The number of carbonyl (C=O) groups is 1. The fourth-order valence-corrected chi connectivity index (χ4v) is 2.77. The molecule has 1 fully saturated rings. The molecular weight excluding hydrogens is 310 g/mol. The summed E-state index contributed by atoms with van der Waals surface area (Å²) >= 11 is 0. The SMILES string of the molecule is CCc1nc(NC(=O)Cn2ncc(N3CCCC3)cc2=O)nn1C. The smallest absolute Gasteiger partial charge is 0.269 e. The first-order valence-electron chi connectivity index (χ1n) is 8.08. The lowest BCUT2D eigenvalue weighted by Gasteiger charge is -2.16. The van der Waals surface area contributed by atoms with Gasteiger partial charge in [0.1, 0.15) is 12.4 Å². The molecule has 0 saturated carbocycles. The molecule has 0 atom stereocenters. The number of aryl methyl sites for hydroxylation is 2. The van der Waals surface area contributed by atoms with Crippen LogP contribution in [0.5, 0.6) is 0 Å². The van der Waals surface area contributed by atoms with Gasteiger partial charge in [-0.25, -0.2) is 4.68 Å². The van der Waals surface area contributed by atoms with E-state index in [9.17, 15) is 9.59 Å². The third-order valence-electron chi connectivity index (χ3n) is 4.04. The fraction of sp³-hybridized carbons (Fsp3) is 0.533. The minimum Gasteiger partial charge on any atom is -0.370 e. The second-order valence-electron chi connectivity index (χ2n) is 5.78. The van der Waals surface area contributed by atoms with Crippen LogP contribution in [-0.2, 0) is 24.8 Å². The van der Waals surface area contributed by atoms with Gasteiger partial charge in [0.25, 0.3) is 5.56 Å². The van der Waals surface area contributed by atoms with E-state index in [0.717, 1.165) is 48.5 Å². The number of nitrogens with one attached hydrogen (secondary N) is 1. The maximum atomic E-state index is 12.1. The molecule has 128 valence electrons. The summed E-state index contributed by atoms with van der Waals surface area (Å²) in [5.74, 6) is 0.628. The molecule has 2 aromatic heterocycles. The Morgan fingerprint density at radius 3 is 2.71 bits per heavy atom. The number of anilines is 2. The summed E-state index contributed by atoms with van der Waals surface area (Å²) in [6, 6.07) is 1.53. The summed E-state index contributed by atoms with van der Waals surface area (Å²) in [5, 5.41) is 10.8. The maximum absolute atomic E-state index is 12.1. The summed E-state index contributed by atoms with van der Waals surface area (Å²) in [4.78, 5) is 30.6. The van der Waals surface area contributed by atoms with Gasteiger partial charge >= 0.3 is 0 Å². The minimum absolute atomic E-state index is 0.168. The molecular formula is C15H21N7O2. The zero-order chi connectivity index (χ0) is 17.1. The first-order chi connectivity index (χ1) is 11.6. The van der Waals surface area contributed by atoms with Gasteiger partial charge in [-0.2, -0.15) is 10.1 Å². The highest BCUT2D eigenvalue weighted by atomic mass is 16.2. The van der Waals surface area contributed by atoms with E-state index >= 15 is 0 Å². The quantitative estimate of drug-likeness (QED) is 0.839. The number of carbonyl (C=O) groups excluding carboxylic acids is 1. The standard InChI is InChI=1S/C15H21N7O2/c1-3-12-17-15(19-20(12)2)18-13(23)10-22-14(24)8-11(9-16-22)21-6-4-5-7-21/h8-9H,3-7,10H2,1-2H3,(H,18,19,23). The van der Waals surface area contributed by atoms with Crippen molar-refractivity contribution in [3.05, 3.63) is 28.4 Å². The molecule has 9 heteroatoms. The van der Waals surface area contributed by atoms with Gasteiger partial charge in [0, 0.05) is 32.6 Å². The molecule has 24 heavy (non-hydrogen) atoms. The van der Waals surface area contributed by atoms with E-state index in [1.165, 1.54) is 6.07 Å². The molecule has 3 rings (SSSR count). The van der Waals surface area contributed by atoms with Gasteiger partial charge in [-0.3, -0.25) is 19.6 Å². The summed E-state index contributed by atoms with van der Waals surface area (Å²) in [5.41, 5.74) is 0.519. The Bertz CT molecular complexity index is 789. The molecule has 1 aliphatic heterocycles. The first kappa shape index (κ1) is 16.2. The van der Waals surface area contributed by atoms with Crippen molar-refractivity contribution >= 4 is 17.5 Å². The van der Waals surface area contributed by atoms with Crippen LogP contribution in [0.15, 0.2) is 17.1 Å². The zero-order valence-corrected chi connectivity index (χ0v) is 13.9. The van der Waals surface area contributed by atoms with Gasteiger partial charge in [-0.05, 0) is 12.8 Å². The van der Waals surface area contributed by atoms with E-state index in [2.05, 4.69) is 25.4 Å². The second kappa shape index (κ2) is 6.81. The topological polar surface area (TPSA) is 97.9 Å². The third-order valence-corrected chi connectivity index (χ3v) is 4.04. The van der Waals surface area contributed by atoms with Gasteiger partial charge in [0.15, 0.2) is 0 Å². The molecule has 1 amide bonds. The number of hydrogen-bond donors (Lipinski definition) is 1. The molecule has 3 heterocycles. The van der Waals surface area contributed by atoms with Gasteiger partial charge < -0.3 is 4.90 Å². The Hall–Kier alpha value is -2.71. The number of nitrogens with zero attached hydrogens (tertiary/aromatic N) is 6. The van der Waals surface area contributed by atoms with E-state index < -0.39 is 0 Å². The lowest BCUT2D eigenvalue weighted by molar-refractivity contribution is -0.117. The molecule has 1 aliphatic rings. The van der Waals surface area contributed by atoms with E-state index in [4.69, 9.17) is 0 Å². The lowest BCUT2D eigenvalue weighted by atomic mass is 10.4. The van der Waals surface area contributed by atoms with Crippen molar-refractivity contribution in [3.8, 4) is 0 Å². The molecule has 0 aromatic carbocycles. The van der Waals surface area contributed by atoms with Crippen LogP contribution in [0.4, 0.5) is 11.6 Å². The van der Waals surface area contributed by atoms with Crippen LogP contribution < -0.4 is 15.8 Å². The number of aromatic nitrogens is 5. The van der Waals surface area contributed by atoms with Crippen LogP contribution in [0.25, 0.3) is 0 Å². The monoisotopic (exact) mass is 331 g/mol. The third kappa shape index (κ3) is 3.44. The van der Waals surface area contributed by atoms with Crippen LogP contribution in [-0.4, -0.2) is 43.5 Å². The molecule has 0 spiro atoms. The van der Waals surface area contributed by atoms with Gasteiger partial charge in [-0.1, -0.05) is 6.92 Å². The second-order valence-corrected chi connectivity index (χ2v) is 5.78. The van der Waals surface area contributed by atoms with Crippen molar-refractivity contribution in [2.45, 2.75) is 32.7 Å². The van der Waals surface area contributed by atoms with Crippen molar-refractivity contribution in [1.29, 1.82) is 0 Å². The van der Waals surface area contributed by atoms with Crippen LogP contribution in [0.2, 0.25) is 0 Å². The highest BCUT2D eigenvalue weighted by molar-refractivity contribution is 5.88. The average Bonchev–Trinajstić information content (AvgIpc) is 3.19. The lowest BCUT2D eigenvalue weighted by Crippen LogP contribution is -2.31. The van der Waals surface area contributed by atoms with Crippen molar-refractivity contribution < 1.29 is 4.79 Å². The van der Waals surface area contributed by atoms with Crippen LogP contribution >= 0.6 is 0 Å². The Kier molecular flexibility index (Phi) is 4.59. The molecule has 2 aromatic rings. The predicted octanol–water partition coefficient (Wildman–Crippen LogP) is 0.173. The fourth-order valence-electron chi connectivity index (χ4n) is 2.77. The van der Waals surface area contributed by atoms with E-state index in [-0.39, 0.29) is 24.0 Å². The number of hydrogen-bond acceptors (Lipinski definition) is 6. The van der Waals surface area contributed by atoms with Crippen molar-refractivity contribution in [1.82, 2.24) is 24.5 Å². The maximum Gasteiger partial charge on any atom is 0.269 e. The largest absolute Gasteiger partial charge is 0.370 e. The van der Waals surface area contributed by atoms with Crippen LogP contribution in [0.3, 0.4) is 0 Å². The first-order valence-corrected chi connectivity index (χ1v) is 8.08. The van der Waals surface area contributed by atoms with Crippen LogP contribution in [0, 0.1) is 0 Å². The normalized spacial score (nSPS) is 14.2. The average molecular weight is 331 g/mol. The summed E-state index contributed by atoms with van der Waals surface area (Å²) < 4.78 is 2.75. The Balaban J connectivity index is 1.66. The highest BCUT2D eigenvalue weighted by Gasteiger charge is 2.15. The highest BCUT2D eigenvalue weighted by Crippen LogP contribution is 2.16. The van der Waals surface area contributed by atoms with Crippen molar-refractivity contribution in [2.75, 3.05) is 23.3 Å². The molecule has 1 saturated heterocycles. The van der Waals surface area contributed by atoms with Crippen LogP contribution in [0.1, 0.15) is 25.6 Å². The Morgan fingerprint density at radius 2 is 2.08 bits per heavy atom.